The van der Waals surface area contributed by atoms with Crippen molar-refractivity contribution in [1.29, 1.82) is 0 Å². The number of carbonyl (C=O) groups excluding carboxylic acids is 2. The van der Waals surface area contributed by atoms with Crippen molar-refractivity contribution in [3.8, 4) is 0 Å². The molecule has 0 aliphatic carbocycles. The number of hydrogen-bond acceptors (Lipinski definition) is 4. The standard InChI is InChI=1S/C8H4N2O2.C3H8NO3P/c11-7-8(12)10-6-4-2-1-3-5(6)9-7;1-2-3(4)8(5,6)7/h1-4H;2-3H,1,4H2,(H2,5,6,7). The summed E-state index contributed by atoms with van der Waals surface area (Å²) < 4.78 is 10.1. The average Bonchev–Trinajstić information content (AvgIpc) is 2.39. The van der Waals surface area contributed by atoms with E-state index in [9.17, 15) is 14.2 Å². The molecule has 1 aliphatic rings. The van der Waals surface area contributed by atoms with E-state index in [-0.39, 0.29) is 0 Å². The lowest BCUT2D eigenvalue weighted by atomic mass is 10.3. The maximum atomic E-state index is 10.7. The van der Waals surface area contributed by atoms with Gasteiger partial charge in [-0.05, 0) is 12.1 Å². The number of rotatable bonds is 2. The zero-order chi connectivity index (χ0) is 15.3. The van der Waals surface area contributed by atoms with Crippen LogP contribution in [-0.4, -0.2) is 27.4 Å². The van der Waals surface area contributed by atoms with E-state index in [2.05, 4.69) is 16.6 Å². The first-order valence-electron chi connectivity index (χ1n) is 5.30. The Balaban J connectivity index is 0.000000221. The molecule has 2 rings (SSSR count). The molecule has 0 saturated heterocycles. The summed E-state index contributed by atoms with van der Waals surface area (Å²) in [5.74, 6) is -2.81. The van der Waals surface area contributed by atoms with Crippen LogP contribution in [0.25, 0.3) is 0 Å². The van der Waals surface area contributed by atoms with Gasteiger partial charge in [0.1, 0.15) is 5.78 Å². The number of benzene rings is 1. The highest BCUT2D eigenvalue weighted by molar-refractivity contribution is 7.52. The van der Waals surface area contributed by atoms with Crippen LogP contribution in [0.2, 0.25) is 0 Å². The topological polar surface area (TPSA) is 142 Å². The number of para-hydroxylation sites is 2. The van der Waals surface area contributed by atoms with Crippen LogP contribution < -0.4 is 16.4 Å². The molecule has 0 spiro atoms. The molecule has 0 fully saturated rings. The van der Waals surface area contributed by atoms with Gasteiger partial charge >= 0.3 is 19.4 Å². The summed E-state index contributed by atoms with van der Waals surface area (Å²) in [5, 5.41) is 0.921. The fraction of sp³-hybridized carbons (Fsp3) is 0.0909. The Morgan fingerprint density at radius 2 is 1.55 bits per heavy atom. The third-order valence-electron chi connectivity index (χ3n) is 2.14. The Morgan fingerprint density at radius 3 is 1.80 bits per heavy atom. The van der Waals surface area contributed by atoms with Gasteiger partial charge in [-0.1, -0.05) is 18.2 Å². The van der Waals surface area contributed by atoms with E-state index < -0.39 is 25.2 Å². The van der Waals surface area contributed by atoms with Gasteiger partial charge in [0.15, 0.2) is 0 Å². The Kier molecular flexibility index (Phi) is 5.18. The van der Waals surface area contributed by atoms with Crippen LogP contribution in [0.1, 0.15) is 0 Å². The first-order valence-corrected chi connectivity index (χ1v) is 6.98. The highest BCUT2D eigenvalue weighted by Crippen LogP contribution is 2.38. The van der Waals surface area contributed by atoms with Gasteiger partial charge in [-0.3, -0.25) is 14.2 Å². The van der Waals surface area contributed by atoms with Gasteiger partial charge in [-0.25, -0.2) is 9.98 Å². The second kappa shape index (κ2) is 6.44. The Hall–Kier alpha value is -1.99. The highest BCUT2D eigenvalue weighted by atomic mass is 31.2. The molecular weight excluding hydrogens is 285 g/mol. The summed E-state index contributed by atoms with van der Waals surface area (Å²) in [6.07, 6.45) is 1.01. The summed E-state index contributed by atoms with van der Waals surface area (Å²) >= 11 is 0. The lowest BCUT2D eigenvalue weighted by molar-refractivity contribution is -0.135. The van der Waals surface area contributed by atoms with Crippen molar-refractivity contribution >= 4 is 19.4 Å². The Morgan fingerprint density at radius 1 is 1.15 bits per heavy atom. The minimum atomic E-state index is -4.10. The molecule has 106 valence electrons. The molecule has 8 nitrogen and oxygen atoms in total. The zero-order valence-electron chi connectivity index (χ0n) is 10.2. The molecule has 1 unspecified atom stereocenters. The molecule has 9 heteroatoms. The molecule has 4 N–H and O–H groups in total. The number of nitrogens with two attached hydrogens (primary N) is 1. The van der Waals surface area contributed by atoms with Gasteiger partial charge in [0.2, 0.25) is 0 Å². The van der Waals surface area contributed by atoms with Gasteiger partial charge in [0.25, 0.3) is 0 Å². The second-order valence-electron chi connectivity index (χ2n) is 3.64. The predicted molar refractivity (Wildman–Crippen MR) is 69.0 cm³/mol. The van der Waals surface area contributed by atoms with Crippen LogP contribution in [0.4, 0.5) is 0 Å². The Bertz CT molecular complexity index is 664. The number of nitrogens with zero attached hydrogens (tertiary/aromatic N) is 2. The quantitative estimate of drug-likeness (QED) is 0.349. The molecule has 1 heterocycles. The van der Waals surface area contributed by atoms with E-state index in [4.69, 9.17) is 15.5 Å². The summed E-state index contributed by atoms with van der Waals surface area (Å²) in [7, 11) is -4.10. The molecule has 0 aromatic heterocycles. The van der Waals surface area contributed by atoms with Crippen molar-refractivity contribution in [1.82, 2.24) is 0 Å². The van der Waals surface area contributed by atoms with Crippen LogP contribution in [0, 0.1) is 0 Å². The first kappa shape index (κ1) is 16.1. The number of carbonyl (C=O) groups is 2. The lowest BCUT2D eigenvalue weighted by Crippen LogP contribution is -2.33. The molecule has 1 aromatic rings. The fourth-order valence-electron chi connectivity index (χ4n) is 1.11. The molecule has 2 amide bonds. The summed E-state index contributed by atoms with van der Waals surface area (Å²) in [6.45, 7) is 3.11. The summed E-state index contributed by atoms with van der Waals surface area (Å²) in [5.41, 5.74) is 4.87. The second-order valence-corrected chi connectivity index (χ2v) is 5.41. The summed E-state index contributed by atoms with van der Waals surface area (Å²) in [6, 6.07) is 6.76. The maximum absolute atomic E-state index is 10.7. The fourth-order valence-corrected chi connectivity index (χ4v) is 1.38. The van der Waals surface area contributed by atoms with Crippen molar-refractivity contribution < 1.29 is 23.9 Å². The van der Waals surface area contributed by atoms with Crippen molar-refractivity contribution in [2.75, 3.05) is 0 Å². The van der Waals surface area contributed by atoms with Crippen molar-refractivity contribution in [2.24, 2.45) is 15.7 Å². The number of hydrogen-bond donors (Lipinski definition) is 3. The highest BCUT2D eigenvalue weighted by Gasteiger charge is 2.20. The third-order valence-corrected chi connectivity index (χ3v) is 3.13. The van der Waals surface area contributed by atoms with Crippen molar-refractivity contribution in [3.05, 3.63) is 47.6 Å². The molecule has 1 atom stereocenters. The lowest BCUT2D eigenvalue weighted by Gasteiger charge is -2.05. The molecule has 0 saturated carbocycles. The van der Waals surface area contributed by atoms with E-state index in [1.807, 2.05) is 0 Å². The molecule has 0 bridgehead atoms. The average molecular weight is 297 g/mol. The van der Waals surface area contributed by atoms with Crippen LogP contribution in [-0.2, 0) is 14.2 Å². The monoisotopic (exact) mass is 297 g/mol. The summed E-state index contributed by atoms with van der Waals surface area (Å²) in [4.78, 5) is 45.0. The Labute approximate surface area is 113 Å². The maximum Gasteiger partial charge on any atom is 0.345 e. The van der Waals surface area contributed by atoms with E-state index in [1.165, 1.54) is 0 Å². The van der Waals surface area contributed by atoms with Crippen LogP contribution in [0.5, 0.6) is 0 Å². The smallest absolute Gasteiger partial charge is 0.323 e. The largest absolute Gasteiger partial charge is 0.345 e. The zero-order valence-corrected chi connectivity index (χ0v) is 11.1. The van der Waals surface area contributed by atoms with Crippen LogP contribution in [0.15, 0.2) is 46.9 Å². The van der Waals surface area contributed by atoms with Gasteiger partial charge in [-0.2, -0.15) is 0 Å². The van der Waals surface area contributed by atoms with Crippen LogP contribution >= 0.6 is 7.60 Å². The number of amides is 2. The molecule has 0 radical (unpaired) electrons. The van der Waals surface area contributed by atoms with Crippen molar-refractivity contribution in [3.63, 3.8) is 0 Å². The van der Waals surface area contributed by atoms with Crippen LogP contribution in [0.3, 0.4) is 0 Å². The van der Waals surface area contributed by atoms with Gasteiger partial charge < -0.3 is 15.5 Å². The van der Waals surface area contributed by atoms with Gasteiger partial charge in [0.05, 0.1) is 10.7 Å². The van der Waals surface area contributed by atoms with Gasteiger partial charge in [-0.15, -0.1) is 6.58 Å². The molecular formula is C11H12N3O5P. The van der Waals surface area contributed by atoms with Gasteiger partial charge in [0, 0.05) is 0 Å². The molecule has 1 aliphatic heterocycles. The van der Waals surface area contributed by atoms with E-state index >= 15 is 0 Å². The molecule has 1 aromatic carbocycles. The predicted octanol–water partition coefficient (Wildman–Crippen LogP) is -1.37. The SMILES string of the molecule is C=CC(N)P(=O)(O)O.O=C1N=c2ccccc2=NC1=O. The van der Waals surface area contributed by atoms with Crippen molar-refractivity contribution in [2.45, 2.75) is 5.78 Å². The third kappa shape index (κ3) is 4.29. The first-order chi connectivity index (χ1) is 9.25. The van der Waals surface area contributed by atoms with E-state index in [0.29, 0.717) is 10.7 Å². The number of fused-ring (bicyclic) bond motifs is 1. The normalized spacial score (nSPS) is 14.9. The minimum absolute atomic E-state index is 0.460. The minimum Gasteiger partial charge on any atom is -0.323 e. The molecule has 20 heavy (non-hydrogen) atoms. The van der Waals surface area contributed by atoms with E-state index in [0.717, 1.165) is 6.08 Å². The van der Waals surface area contributed by atoms with E-state index in [1.54, 1.807) is 24.3 Å².